The molecule has 0 aliphatic heterocycles. The highest BCUT2D eigenvalue weighted by Crippen LogP contribution is 2.46. The molecule has 3 unspecified atom stereocenters. The van der Waals surface area contributed by atoms with E-state index in [2.05, 4.69) is 25.3 Å². The fourth-order valence-corrected chi connectivity index (χ4v) is 2.72. The molecule has 1 saturated carbocycles. The van der Waals surface area contributed by atoms with Crippen LogP contribution in [0, 0.1) is 5.41 Å². The zero-order valence-corrected chi connectivity index (χ0v) is 10.1. The van der Waals surface area contributed by atoms with E-state index in [0.717, 1.165) is 12.8 Å². The van der Waals surface area contributed by atoms with Crippen molar-refractivity contribution >= 4 is 11.3 Å². The minimum Gasteiger partial charge on any atom is -0.392 e. The van der Waals surface area contributed by atoms with Gasteiger partial charge in [-0.3, -0.25) is 0 Å². The largest absolute Gasteiger partial charge is 0.392 e. The van der Waals surface area contributed by atoms with Gasteiger partial charge in [0.2, 0.25) is 0 Å². The van der Waals surface area contributed by atoms with Gasteiger partial charge in [-0.2, -0.15) is 0 Å². The van der Waals surface area contributed by atoms with Crippen LogP contribution in [0.15, 0.2) is 17.5 Å². The molecule has 0 aromatic carbocycles. The summed E-state index contributed by atoms with van der Waals surface area (Å²) in [6.45, 7) is 4.91. The molecule has 3 heteroatoms. The van der Waals surface area contributed by atoms with Crippen molar-refractivity contribution in [2.24, 2.45) is 5.41 Å². The van der Waals surface area contributed by atoms with E-state index < -0.39 is 0 Å². The molecule has 1 heterocycles. The molecule has 0 bridgehead atoms. The van der Waals surface area contributed by atoms with Crippen LogP contribution in [0.25, 0.3) is 0 Å². The van der Waals surface area contributed by atoms with E-state index in [0.29, 0.717) is 6.61 Å². The normalized spacial score (nSPS) is 35.1. The summed E-state index contributed by atoms with van der Waals surface area (Å²) in [5.41, 5.74) is -0.0305. The first-order chi connectivity index (χ1) is 7.16. The Morgan fingerprint density at radius 2 is 2.47 bits per heavy atom. The van der Waals surface area contributed by atoms with Crippen LogP contribution in [-0.2, 0) is 11.3 Å². The summed E-state index contributed by atoms with van der Waals surface area (Å²) in [7, 11) is 0. The molecule has 1 N–H and O–H groups in total. The van der Waals surface area contributed by atoms with Gasteiger partial charge in [0, 0.05) is 16.7 Å². The Labute approximate surface area is 94.9 Å². The lowest BCUT2D eigenvalue weighted by Crippen LogP contribution is -2.55. The van der Waals surface area contributed by atoms with Crippen LogP contribution in [0.1, 0.15) is 31.6 Å². The number of aliphatic hydroxyl groups excluding tert-OH is 1. The van der Waals surface area contributed by atoms with Crippen molar-refractivity contribution in [3.8, 4) is 0 Å². The Kier molecular flexibility index (Phi) is 3.14. The number of ether oxygens (including phenoxy) is 1. The predicted octanol–water partition coefficient (Wildman–Crippen LogP) is 2.81. The molecule has 0 amide bonds. The highest BCUT2D eigenvalue weighted by molar-refractivity contribution is 7.09. The Hall–Kier alpha value is -0.380. The van der Waals surface area contributed by atoms with Crippen molar-refractivity contribution < 1.29 is 9.84 Å². The second kappa shape index (κ2) is 4.24. The minimum absolute atomic E-state index is 0.0305. The zero-order chi connectivity index (χ0) is 10.9. The van der Waals surface area contributed by atoms with Crippen molar-refractivity contribution in [2.75, 3.05) is 0 Å². The molecule has 2 rings (SSSR count). The van der Waals surface area contributed by atoms with Crippen LogP contribution in [0.3, 0.4) is 0 Å². The summed E-state index contributed by atoms with van der Waals surface area (Å²) in [5.74, 6) is 0. The molecule has 1 aromatic heterocycles. The van der Waals surface area contributed by atoms with Gasteiger partial charge in [0.05, 0.1) is 18.8 Å². The third-order valence-electron chi connectivity index (χ3n) is 3.70. The van der Waals surface area contributed by atoms with Gasteiger partial charge in [0.1, 0.15) is 0 Å². The summed E-state index contributed by atoms with van der Waals surface area (Å²) in [6, 6.07) is 4.13. The first kappa shape index (κ1) is 11.1. The van der Waals surface area contributed by atoms with Crippen molar-refractivity contribution in [1.29, 1.82) is 0 Å². The lowest BCUT2D eigenvalue weighted by molar-refractivity contribution is -0.189. The highest BCUT2D eigenvalue weighted by atomic mass is 32.1. The summed E-state index contributed by atoms with van der Waals surface area (Å²) in [5, 5.41) is 11.8. The maximum atomic E-state index is 9.72. The van der Waals surface area contributed by atoms with Gasteiger partial charge in [-0.25, -0.2) is 0 Å². The quantitative estimate of drug-likeness (QED) is 0.855. The van der Waals surface area contributed by atoms with Gasteiger partial charge in [0.25, 0.3) is 0 Å². The van der Waals surface area contributed by atoms with Gasteiger partial charge < -0.3 is 9.84 Å². The van der Waals surface area contributed by atoms with E-state index in [4.69, 9.17) is 4.74 Å². The number of rotatable bonds is 4. The molecule has 2 nitrogen and oxygen atoms in total. The van der Waals surface area contributed by atoms with Crippen molar-refractivity contribution in [2.45, 2.75) is 45.5 Å². The number of hydrogen-bond acceptors (Lipinski definition) is 3. The molecule has 1 aliphatic rings. The second-order valence-corrected chi connectivity index (χ2v) is 5.52. The zero-order valence-electron chi connectivity index (χ0n) is 9.27. The summed E-state index contributed by atoms with van der Waals surface area (Å²) in [6.07, 6.45) is 1.80. The monoisotopic (exact) mass is 226 g/mol. The maximum absolute atomic E-state index is 9.72. The lowest BCUT2D eigenvalue weighted by Gasteiger charge is -2.50. The first-order valence-electron chi connectivity index (χ1n) is 5.49. The second-order valence-electron chi connectivity index (χ2n) is 4.49. The number of hydrogen-bond donors (Lipinski definition) is 1. The third-order valence-corrected chi connectivity index (χ3v) is 4.55. The number of thiophene rings is 1. The van der Waals surface area contributed by atoms with Crippen LogP contribution in [0.5, 0.6) is 0 Å². The van der Waals surface area contributed by atoms with Crippen LogP contribution in [0.4, 0.5) is 0 Å². The van der Waals surface area contributed by atoms with Crippen molar-refractivity contribution in [3.05, 3.63) is 22.4 Å². The van der Waals surface area contributed by atoms with E-state index in [9.17, 15) is 5.11 Å². The first-order valence-corrected chi connectivity index (χ1v) is 6.37. The average molecular weight is 226 g/mol. The highest BCUT2D eigenvalue weighted by Gasteiger charge is 2.50. The molecule has 0 saturated heterocycles. The minimum atomic E-state index is -0.184. The standard InChI is InChI=1S/C12H18O2S/c1-3-12(2)10(13)7-11(12)14-8-9-5-4-6-15-9/h4-6,10-11,13H,3,7-8H2,1-2H3. The molecule has 1 aliphatic carbocycles. The molecule has 0 radical (unpaired) electrons. The molecule has 15 heavy (non-hydrogen) atoms. The van der Waals surface area contributed by atoms with Crippen molar-refractivity contribution in [3.63, 3.8) is 0 Å². The van der Waals surface area contributed by atoms with E-state index >= 15 is 0 Å². The molecule has 1 aromatic rings. The summed E-state index contributed by atoms with van der Waals surface area (Å²) < 4.78 is 5.85. The predicted molar refractivity (Wildman–Crippen MR) is 61.9 cm³/mol. The molecular formula is C12H18O2S. The van der Waals surface area contributed by atoms with Crippen LogP contribution in [-0.4, -0.2) is 17.3 Å². The van der Waals surface area contributed by atoms with Crippen LogP contribution >= 0.6 is 11.3 Å². The Morgan fingerprint density at radius 3 is 3.00 bits per heavy atom. The summed E-state index contributed by atoms with van der Waals surface area (Å²) >= 11 is 1.72. The van der Waals surface area contributed by atoms with Gasteiger partial charge >= 0.3 is 0 Å². The fraction of sp³-hybridized carbons (Fsp3) is 0.667. The topological polar surface area (TPSA) is 29.5 Å². The third kappa shape index (κ3) is 1.96. The molecule has 84 valence electrons. The molecular weight excluding hydrogens is 208 g/mol. The van der Waals surface area contributed by atoms with E-state index in [1.54, 1.807) is 11.3 Å². The van der Waals surface area contributed by atoms with Crippen LogP contribution < -0.4 is 0 Å². The lowest BCUT2D eigenvalue weighted by atomic mass is 9.63. The SMILES string of the molecule is CCC1(C)C(O)CC1OCc1cccs1. The average Bonchev–Trinajstić information content (AvgIpc) is 2.75. The number of aliphatic hydroxyl groups is 1. The Balaban J connectivity index is 1.86. The van der Waals surface area contributed by atoms with E-state index in [-0.39, 0.29) is 17.6 Å². The Morgan fingerprint density at radius 1 is 1.67 bits per heavy atom. The summed E-state index contributed by atoms with van der Waals surface area (Å²) in [4.78, 5) is 1.26. The van der Waals surface area contributed by atoms with Gasteiger partial charge in [-0.15, -0.1) is 11.3 Å². The molecule has 0 spiro atoms. The van der Waals surface area contributed by atoms with E-state index in [1.807, 2.05) is 6.07 Å². The van der Waals surface area contributed by atoms with E-state index in [1.165, 1.54) is 4.88 Å². The van der Waals surface area contributed by atoms with Crippen LogP contribution in [0.2, 0.25) is 0 Å². The molecule has 1 fully saturated rings. The van der Waals surface area contributed by atoms with Gasteiger partial charge in [0.15, 0.2) is 0 Å². The fourth-order valence-electron chi connectivity index (χ4n) is 2.09. The maximum Gasteiger partial charge on any atom is 0.0813 e. The Bertz CT molecular complexity index is 309. The molecule has 3 atom stereocenters. The van der Waals surface area contributed by atoms with Gasteiger partial charge in [-0.1, -0.05) is 19.9 Å². The smallest absolute Gasteiger partial charge is 0.0813 e. The van der Waals surface area contributed by atoms with Gasteiger partial charge in [-0.05, 0) is 17.9 Å². The van der Waals surface area contributed by atoms with Crippen molar-refractivity contribution in [1.82, 2.24) is 0 Å².